The van der Waals surface area contributed by atoms with Crippen molar-refractivity contribution in [2.75, 3.05) is 0 Å². The second kappa shape index (κ2) is 8.53. The largest absolute Gasteiger partial charge is 0.524 e. The number of benzene rings is 3. The van der Waals surface area contributed by atoms with Crippen molar-refractivity contribution < 1.29 is 18.9 Å². The van der Waals surface area contributed by atoms with E-state index >= 15 is 0 Å². The van der Waals surface area contributed by atoms with Crippen molar-refractivity contribution in [3.63, 3.8) is 0 Å². The summed E-state index contributed by atoms with van der Waals surface area (Å²) in [4.78, 5) is 19.1. The maximum absolute atomic E-state index is 11.8. The van der Waals surface area contributed by atoms with Crippen molar-refractivity contribution in [2.24, 2.45) is 0 Å². The van der Waals surface area contributed by atoms with Crippen LogP contribution in [0.5, 0.6) is 5.75 Å². The highest BCUT2D eigenvalue weighted by Crippen LogP contribution is 2.48. The predicted octanol–water partition coefficient (Wildman–Crippen LogP) is 5.83. The van der Waals surface area contributed by atoms with Gasteiger partial charge >= 0.3 is 7.82 Å². The van der Waals surface area contributed by atoms with Crippen LogP contribution in [0.1, 0.15) is 25.3 Å². The molecular formula is C22H23O4P. The Morgan fingerprint density at radius 2 is 1.44 bits per heavy atom. The highest BCUT2D eigenvalue weighted by molar-refractivity contribution is 7.46. The van der Waals surface area contributed by atoms with Gasteiger partial charge in [0.25, 0.3) is 0 Å². The summed E-state index contributed by atoms with van der Waals surface area (Å²) >= 11 is 0. The Balaban J connectivity index is 2.28. The smallest absolute Gasteiger partial charge is 0.403 e. The zero-order valence-electron chi connectivity index (χ0n) is 15.2. The van der Waals surface area contributed by atoms with Crippen molar-refractivity contribution in [1.82, 2.24) is 0 Å². The Morgan fingerprint density at radius 3 is 2.00 bits per heavy atom. The van der Waals surface area contributed by atoms with Gasteiger partial charge in [-0.1, -0.05) is 86.1 Å². The third-order valence-electron chi connectivity index (χ3n) is 4.40. The lowest BCUT2D eigenvalue weighted by Gasteiger charge is -2.20. The van der Waals surface area contributed by atoms with Crippen LogP contribution in [-0.4, -0.2) is 9.79 Å². The lowest BCUT2D eigenvalue weighted by Crippen LogP contribution is -2.00. The molecule has 3 rings (SSSR count). The molecule has 0 aliphatic rings. The van der Waals surface area contributed by atoms with E-state index in [1.54, 1.807) is 0 Å². The van der Waals surface area contributed by atoms with Crippen LogP contribution in [0.2, 0.25) is 0 Å². The minimum atomic E-state index is -4.73. The second-order valence-corrected chi connectivity index (χ2v) is 7.56. The molecule has 0 fully saturated rings. The Hall–Kier alpha value is -2.39. The van der Waals surface area contributed by atoms with E-state index in [4.69, 9.17) is 4.52 Å². The molecular weight excluding hydrogens is 359 g/mol. The van der Waals surface area contributed by atoms with Crippen LogP contribution >= 0.6 is 7.82 Å². The highest BCUT2D eigenvalue weighted by atomic mass is 31.2. The van der Waals surface area contributed by atoms with Crippen molar-refractivity contribution in [1.29, 1.82) is 0 Å². The lowest BCUT2D eigenvalue weighted by atomic mass is 9.91. The molecule has 4 nitrogen and oxygen atoms in total. The van der Waals surface area contributed by atoms with Crippen molar-refractivity contribution in [3.05, 3.63) is 78.4 Å². The molecule has 0 bridgehead atoms. The minimum Gasteiger partial charge on any atom is -0.403 e. The summed E-state index contributed by atoms with van der Waals surface area (Å²) in [6, 6.07) is 23.0. The summed E-state index contributed by atoms with van der Waals surface area (Å²) in [5.74, 6) is 0.231. The van der Waals surface area contributed by atoms with Gasteiger partial charge < -0.3 is 4.52 Å². The molecule has 0 saturated carbocycles. The average molecular weight is 382 g/mol. The fourth-order valence-corrected chi connectivity index (χ4v) is 3.61. The third kappa shape index (κ3) is 4.86. The van der Waals surface area contributed by atoms with Crippen LogP contribution in [0.3, 0.4) is 0 Å². The number of phosphoric ester groups is 1. The molecule has 0 unspecified atom stereocenters. The lowest BCUT2D eigenvalue weighted by molar-refractivity contribution is 0.284. The maximum atomic E-state index is 11.8. The van der Waals surface area contributed by atoms with Crippen LogP contribution in [0.15, 0.2) is 72.8 Å². The molecule has 0 aliphatic carbocycles. The molecule has 2 N–H and O–H groups in total. The van der Waals surface area contributed by atoms with E-state index in [0.29, 0.717) is 5.56 Å². The van der Waals surface area contributed by atoms with Gasteiger partial charge in [0.05, 0.1) is 0 Å². The van der Waals surface area contributed by atoms with E-state index in [1.165, 1.54) is 0 Å². The van der Waals surface area contributed by atoms with Crippen LogP contribution in [-0.2, 0) is 11.0 Å². The summed E-state index contributed by atoms with van der Waals surface area (Å²) in [5.41, 5.74) is 4.16. The topological polar surface area (TPSA) is 66.8 Å². The SMILES string of the molecule is CCCCc1ccc(-c2ccccc2)c(OP(=O)(O)O)c1-c1ccccc1. The summed E-state index contributed by atoms with van der Waals surface area (Å²) in [7, 11) is -4.73. The van der Waals surface area contributed by atoms with Gasteiger partial charge in [0.15, 0.2) is 0 Å². The molecule has 0 saturated heterocycles. The summed E-state index contributed by atoms with van der Waals surface area (Å²) in [6.07, 6.45) is 2.83. The van der Waals surface area contributed by atoms with Gasteiger partial charge in [0.2, 0.25) is 0 Å². The second-order valence-electron chi connectivity index (χ2n) is 6.39. The van der Waals surface area contributed by atoms with E-state index in [0.717, 1.165) is 41.5 Å². The molecule has 0 heterocycles. The van der Waals surface area contributed by atoms with E-state index in [1.807, 2.05) is 72.8 Å². The predicted molar refractivity (Wildman–Crippen MR) is 109 cm³/mol. The molecule has 0 aliphatic heterocycles. The van der Waals surface area contributed by atoms with Gasteiger partial charge in [0, 0.05) is 11.1 Å². The Morgan fingerprint density at radius 1 is 0.852 bits per heavy atom. The molecule has 3 aromatic rings. The van der Waals surface area contributed by atoms with Crippen molar-refractivity contribution >= 4 is 7.82 Å². The third-order valence-corrected chi connectivity index (χ3v) is 4.82. The van der Waals surface area contributed by atoms with Gasteiger partial charge in [-0.2, -0.15) is 0 Å². The fraction of sp³-hybridized carbons (Fsp3) is 0.182. The van der Waals surface area contributed by atoms with Crippen LogP contribution in [0.25, 0.3) is 22.3 Å². The number of unbranched alkanes of at least 4 members (excludes halogenated alkanes) is 1. The van der Waals surface area contributed by atoms with Gasteiger partial charge in [-0.25, -0.2) is 4.57 Å². The first kappa shape index (κ1) is 19.4. The van der Waals surface area contributed by atoms with Crippen LogP contribution in [0, 0.1) is 0 Å². The fourth-order valence-electron chi connectivity index (χ4n) is 3.18. The van der Waals surface area contributed by atoms with E-state index in [9.17, 15) is 14.4 Å². The zero-order valence-corrected chi connectivity index (χ0v) is 16.1. The number of hydrogen-bond donors (Lipinski definition) is 2. The summed E-state index contributed by atoms with van der Waals surface area (Å²) in [5, 5.41) is 0. The molecule has 0 radical (unpaired) electrons. The number of phosphoric acid groups is 1. The summed E-state index contributed by atoms with van der Waals surface area (Å²) in [6.45, 7) is 2.12. The first-order valence-electron chi connectivity index (χ1n) is 9.01. The first-order chi connectivity index (χ1) is 13.0. The van der Waals surface area contributed by atoms with Gasteiger partial charge in [-0.15, -0.1) is 0 Å². The Bertz CT molecular complexity index is 933. The molecule has 0 spiro atoms. The normalized spacial score (nSPS) is 11.4. The number of hydrogen-bond acceptors (Lipinski definition) is 2. The monoisotopic (exact) mass is 382 g/mol. The summed E-state index contributed by atoms with van der Waals surface area (Å²) < 4.78 is 17.0. The minimum absolute atomic E-state index is 0.231. The van der Waals surface area contributed by atoms with Crippen molar-refractivity contribution in [2.45, 2.75) is 26.2 Å². The molecule has 0 atom stereocenters. The van der Waals surface area contributed by atoms with Crippen LogP contribution < -0.4 is 4.52 Å². The highest BCUT2D eigenvalue weighted by Gasteiger charge is 2.24. The number of aryl methyl sites for hydroxylation is 1. The molecule has 0 aromatic heterocycles. The van der Waals surface area contributed by atoms with Crippen LogP contribution in [0.4, 0.5) is 0 Å². The van der Waals surface area contributed by atoms with Gasteiger partial charge in [-0.05, 0) is 29.5 Å². The molecule has 5 heteroatoms. The number of rotatable bonds is 7. The standard InChI is InChI=1S/C22H23O4P/c1-2-3-10-19-15-16-20(17-11-6-4-7-12-17)22(26-27(23,24)25)21(19)18-13-8-5-9-14-18/h4-9,11-16H,2-3,10H2,1H3,(H2,23,24,25). The average Bonchev–Trinajstić information content (AvgIpc) is 2.66. The quantitative estimate of drug-likeness (QED) is 0.504. The molecule has 0 amide bonds. The zero-order chi connectivity index (χ0) is 19.3. The van der Waals surface area contributed by atoms with E-state index in [2.05, 4.69) is 6.92 Å². The molecule has 27 heavy (non-hydrogen) atoms. The van der Waals surface area contributed by atoms with Crippen molar-refractivity contribution in [3.8, 4) is 28.0 Å². The Kier molecular flexibility index (Phi) is 6.12. The van der Waals surface area contributed by atoms with Gasteiger partial charge in [0.1, 0.15) is 5.75 Å². The molecule has 3 aromatic carbocycles. The van der Waals surface area contributed by atoms with E-state index in [-0.39, 0.29) is 5.75 Å². The van der Waals surface area contributed by atoms with Gasteiger partial charge in [-0.3, -0.25) is 9.79 Å². The maximum Gasteiger partial charge on any atom is 0.524 e. The Labute approximate surface area is 159 Å². The first-order valence-corrected chi connectivity index (χ1v) is 10.5. The van der Waals surface area contributed by atoms with E-state index < -0.39 is 7.82 Å². The molecule has 140 valence electrons.